The van der Waals surface area contributed by atoms with Crippen molar-refractivity contribution in [2.45, 2.75) is 23.8 Å². The van der Waals surface area contributed by atoms with E-state index in [-0.39, 0.29) is 42.0 Å². The monoisotopic (exact) mass is 433 g/mol. The average molecular weight is 434 g/mol. The van der Waals surface area contributed by atoms with E-state index in [1.165, 1.54) is 24.4 Å². The van der Waals surface area contributed by atoms with Gasteiger partial charge in [-0.1, -0.05) is 17.7 Å². The third kappa shape index (κ3) is 3.93. The summed E-state index contributed by atoms with van der Waals surface area (Å²) in [5, 5.41) is 20.3. The molecule has 2 aromatic rings. The number of nitrogens with zero attached hydrogens (tertiary/aromatic N) is 2. The van der Waals surface area contributed by atoms with Crippen molar-refractivity contribution in [2.24, 2.45) is 5.73 Å². The Morgan fingerprint density at radius 2 is 2.11 bits per heavy atom. The molecule has 1 fully saturated rings. The molecule has 5 N–H and O–H groups in total. The van der Waals surface area contributed by atoms with Crippen molar-refractivity contribution in [3.63, 3.8) is 0 Å². The molecule has 0 aliphatic carbocycles. The second-order valence-electron chi connectivity index (χ2n) is 5.81. The molecule has 12 heteroatoms. The fourth-order valence-corrected chi connectivity index (χ4v) is 4.88. The molecule has 1 aromatic carbocycles. The summed E-state index contributed by atoms with van der Waals surface area (Å²) in [6, 6.07) is 3.16. The molecule has 0 spiro atoms. The molecular weight excluding hydrogens is 417 g/mol. The normalized spacial score (nSPS) is 17.4. The van der Waals surface area contributed by atoms with Crippen LogP contribution in [-0.2, 0) is 14.8 Å². The lowest BCUT2D eigenvalue weighted by Crippen LogP contribution is -2.40. The zero-order chi connectivity index (χ0) is 19.1. The Kier molecular flexibility index (Phi) is 6.15. The summed E-state index contributed by atoms with van der Waals surface area (Å²) in [5.74, 6) is -1.35. The van der Waals surface area contributed by atoms with Crippen LogP contribution in [0.15, 0.2) is 29.3 Å². The number of fused-ring (bicyclic) bond motifs is 1. The minimum atomic E-state index is -4.01. The lowest BCUT2D eigenvalue weighted by Gasteiger charge is -2.21. The van der Waals surface area contributed by atoms with Crippen LogP contribution in [0.4, 0.5) is 5.82 Å². The maximum absolute atomic E-state index is 12.9. The van der Waals surface area contributed by atoms with Crippen LogP contribution in [-0.4, -0.2) is 47.3 Å². The summed E-state index contributed by atoms with van der Waals surface area (Å²) in [5.41, 5.74) is 5.34. The highest BCUT2D eigenvalue weighted by molar-refractivity contribution is 7.89. The van der Waals surface area contributed by atoms with E-state index in [2.05, 4.69) is 10.3 Å². The standard InChI is InChI=1S/C15H16ClN5O4S.ClH/c16-11-7-19-13(20-15(17)18)10-6-8(3-4-9(10)11)26(24,25)21-5-1-2-12(21)14(22)23;/h3-4,6-7,12H,1-2,5H2,(H,22,23)(H4,17,18,19,20);1H/t12-;/m0./s1. The molecule has 1 atom stereocenters. The van der Waals surface area contributed by atoms with E-state index in [4.69, 9.17) is 22.7 Å². The number of hydrogen-bond donors (Lipinski definition) is 4. The Bertz CT molecular complexity index is 1010. The molecule has 9 nitrogen and oxygen atoms in total. The predicted molar refractivity (Wildman–Crippen MR) is 104 cm³/mol. The van der Waals surface area contributed by atoms with Gasteiger partial charge in [0, 0.05) is 23.5 Å². The van der Waals surface area contributed by atoms with Crippen LogP contribution in [0.5, 0.6) is 0 Å². The van der Waals surface area contributed by atoms with Crippen LogP contribution in [0, 0.1) is 5.41 Å². The summed E-state index contributed by atoms with van der Waals surface area (Å²) in [7, 11) is -4.01. The van der Waals surface area contributed by atoms with Crippen LogP contribution in [0.25, 0.3) is 10.8 Å². The molecule has 27 heavy (non-hydrogen) atoms. The maximum atomic E-state index is 12.9. The Morgan fingerprint density at radius 1 is 1.41 bits per heavy atom. The van der Waals surface area contributed by atoms with Gasteiger partial charge in [0.05, 0.1) is 9.92 Å². The molecule has 0 bridgehead atoms. The third-order valence-corrected chi connectivity index (χ3v) is 6.36. The van der Waals surface area contributed by atoms with Gasteiger partial charge in [-0.15, -0.1) is 12.4 Å². The summed E-state index contributed by atoms with van der Waals surface area (Å²) < 4.78 is 26.9. The van der Waals surface area contributed by atoms with E-state index in [1.54, 1.807) is 0 Å². The van der Waals surface area contributed by atoms with Crippen molar-refractivity contribution in [1.29, 1.82) is 5.41 Å². The van der Waals surface area contributed by atoms with Gasteiger partial charge in [-0.2, -0.15) is 4.31 Å². The first-order chi connectivity index (χ1) is 12.2. The van der Waals surface area contributed by atoms with Gasteiger partial charge in [-0.3, -0.25) is 10.2 Å². The van der Waals surface area contributed by atoms with Gasteiger partial charge in [0.1, 0.15) is 11.9 Å². The van der Waals surface area contributed by atoms with Gasteiger partial charge in [0.25, 0.3) is 0 Å². The number of hydrogen-bond acceptors (Lipinski definition) is 5. The van der Waals surface area contributed by atoms with Crippen molar-refractivity contribution in [1.82, 2.24) is 9.29 Å². The first kappa shape index (κ1) is 21.2. The lowest BCUT2D eigenvalue weighted by molar-refractivity contribution is -0.140. The van der Waals surface area contributed by atoms with E-state index < -0.39 is 22.0 Å². The van der Waals surface area contributed by atoms with Crippen LogP contribution in [0.1, 0.15) is 12.8 Å². The Hall–Kier alpha value is -2.14. The Labute approximate surface area is 166 Å². The highest BCUT2D eigenvalue weighted by Gasteiger charge is 2.39. The van der Waals surface area contributed by atoms with E-state index >= 15 is 0 Å². The number of halogens is 2. The number of carboxylic acid groups (broad SMARTS) is 1. The van der Waals surface area contributed by atoms with Crippen molar-refractivity contribution < 1.29 is 18.3 Å². The van der Waals surface area contributed by atoms with E-state index in [9.17, 15) is 18.3 Å². The van der Waals surface area contributed by atoms with Crippen LogP contribution in [0.3, 0.4) is 0 Å². The van der Waals surface area contributed by atoms with Gasteiger partial charge in [0.15, 0.2) is 5.96 Å². The number of anilines is 1. The summed E-state index contributed by atoms with van der Waals surface area (Å²) in [4.78, 5) is 15.3. The van der Waals surface area contributed by atoms with E-state index in [0.29, 0.717) is 22.2 Å². The number of nitrogens with one attached hydrogen (secondary N) is 2. The summed E-state index contributed by atoms with van der Waals surface area (Å²) in [6.07, 6.45) is 2.12. The molecule has 0 amide bonds. The number of carboxylic acids is 1. The molecule has 0 unspecified atom stereocenters. The first-order valence-electron chi connectivity index (χ1n) is 7.66. The highest BCUT2D eigenvalue weighted by Crippen LogP contribution is 2.32. The van der Waals surface area contributed by atoms with Gasteiger partial charge in [-0.05, 0) is 25.0 Å². The fourth-order valence-electron chi connectivity index (χ4n) is 2.99. The Balaban J connectivity index is 0.00000261. The average Bonchev–Trinajstić information content (AvgIpc) is 3.07. The zero-order valence-corrected chi connectivity index (χ0v) is 16.2. The van der Waals surface area contributed by atoms with Crippen molar-refractivity contribution in [2.75, 3.05) is 11.9 Å². The smallest absolute Gasteiger partial charge is 0.322 e. The quantitative estimate of drug-likeness (QED) is 0.424. The van der Waals surface area contributed by atoms with Crippen molar-refractivity contribution in [3.05, 3.63) is 29.4 Å². The largest absolute Gasteiger partial charge is 0.480 e. The second kappa shape index (κ2) is 7.85. The predicted octanol–water partition coefficient (Wildman–Crippen LogP) is 1.85. The zero-order valence-electron chi connectivity index (χ0n) is 13.8. The van der Waals surface area contributed by atoms with E-state index in [1.807, 2.05) is 0 Å². The van der Waals surface area contributed by atoms with Crippen LogP contribution in [0.2, 0.25) is 5.02 Å². The molecule has 1 saturated heterocycles. The number of sulfonamides is 1. The fraction of sp³-hybridized carbons (Fsp3) is 0.267. The highest BCUT2D eigenvalue weighted by atomic mass is 35.5. The molecule has 0 saturated carbocycles. The number of carbonyl (C=O) groups is 1. The first-order valence-corrected chi connectivity index (χ1v) is 9.47. The van der Waals surface area contributed by atoms with E-state index in [0.717, 1.165) is 4.31 Å². The molecule has 1 aromatic heterocycles. The number of aromatic nitrogens is 1. The number of benzene rings is 1. The van der Waals surface area contributed by atoms with Crippen LogP contribution >= 0.6 is 24.0 Å². The van der Waals surface area contributed by atoms with Crippen LogP contribution < -0.4 is 11.1 Å². The number of aliphatic carboxylic acids is 1. The third-order valence-electron chi connectivity index (χ3n) is 4.16. The molecule has 0 radical (unpaired) electrons. The molecule has 1 aliphatic heterocycles. The van der Waals surface area contributed by atoms with Gasteiger partial charge < -0.3 is 16.2 Å². The maximum Gasteiger partial charge on any atom is 0.322 e. The number of rotatable bonds is 4. The lowest BCUT2D eigenvalue weighted by atomic mass is 10.1. The van der Waals surface area contributed by atoms with Gasteiger partial charge in [-0.25, -0.2) is 13.4 Å². The summed E-state index contributed by atoms with van der Waals surface area (Å²) in [6.45, 7) is 0.143. The Morgan fingerprint density at radius 3 is 2.74 bits per heavy atom. The minimum Gasteiger partial charge on any atom is -0.480 e. The molecule has 3 rings (SSSR count). The summed E-state index contributed by atoms with van der Waals surface area (Å²) >= 11 is 6.11. The van der Waals surface area contributed by atoms with Crippen molar-refractivity contribution >= 4 is 62.6 Å². The van der Waals surface area contributed by atoms with Crippen molar-refractivity contribution in [3.8, 4) is 0 Å². The number of nitrogens with two attached hydrogens (primary N) is 1. The molecular formula is C15H17Cl2N5O4S. The SMILES string of the molecule is Cl.N=C(N)Nc1ncc(Cl)c2ccc(S(=O)(=O)N3CCC[C@H]3C(=O)O)cc12. The number of pyridine rings is 1. The topological polar surface area (TPSA) is 149 Å². The minimum absolute atomic E-state index is 0. The van der Waals surface area contributed by atoms with Gasteiger partial charge >= 0.3 is 5.97 Å². The number of guanidine groups is 1. The molecule has 146 valence electrons. The van der Waals surface area contributed by atoms with Gasteiger partial charge in [0.2, 0.25) is 10.0 Å². The molecule has 2 heterocycles. The second-order valence-corrected chi connectivity index (χ2v) is 8.11. The molecule has 1 aliphatic rings.